The SMILES string of the molecule is N=C(N)c1nccnc1Oc1cc([N+](=O)[O-])ccc1Br. The first kappa shape index (κ1) is 13.9. The molecule has 0 bridgehead atoms. The number of nitrogens with zero attached hydrogens (tertiary/aromatic N) is 3. The molecule has 3 N–H and O–H groups in total. The van der Waals surface area contributed by atoms with Gasteiger partial charge in [-0.2, -0.15) is 0 Å². The predicted octanol–water partition coefficient (Wildman–Crippen LogP) is 2.22. The molecule has 1 aromatic carbocycles. The van der Waals surface area contributed by atoms with E-state index >= 15 is 0 Å². The fourth-order valence-corrected chi connectivity index (χ4v) is 1.70. The molecule has 0 fully saturated rings. The van der Waals surface area contributed by atoms with Gasteiger partial charge in [0.05, 0.1) is 15.5 Å². The average Bonchev–Trinajstić information content (AvgIpc) is 2.41. The standard InChI is InChI=1S/C11H8BrN5O3/c12-7-2-1-6(17(18)19)5-8(7)20-11-9(10(13)14)15-3-4-16-11/h1-5H,(H3,13,14). The van der Waals surface area contributed by atoms with Gasteiger partial charge < -0.3 is 10.5 Å². The molecule has 0 aliphatic carbocycles. The largest absolute Gasteiger partial charge is 0.435 e. The maximum absolute atomic E-state index is 10.7. The summed E-state index contributed by atoms with van der Waals surface area (Å²) in [5.41, 5.74) is 5.30. The lowest BCUT2D eigenvalue weighted by Gasteiger charge is -2.09. The van der Waals surface area contributed by atoms with E-state index in [2.05, 4.69) is 25.9 Å². The Labute approximate surface area is 121 Å². The third kappa shape index (κ3) is 2.88. The van der Waals surface area contributed by atoms with Gasteiger partial charge in [-0.3, -0.25) is 15.5 Å². The number of nitro groups is 1. The highest BCUT2D eigenvalue weighted by atomic mass is 79.9. The minimum atomic E-state index is -0.540. The molecule has 2 rings (SSSR count). The first-order valence-electron chi connectivity index (χ1n) is 5.26. The van der Waals surface area contributed by atoms with Gasteiger partial charge in [0.1, 0.15) is 5.84 Å². The number of hydrogen-bond donors (Lipinski definition) is 2. The van der Waals surface area contributed by atoms with E-state index in [4.69, 9.17) is 15.9 Å². The lowest BCUT2D eigenvalue weighted by Crippen LogP contribution is -2.15. The van der Waals surface area contributed by atoms with Crippen LogP contribution in [-0.4, -0.2) is 20.7 Å². The Morgan fingerprint density at radius 2 is 2.10 bits per heavy atom. The molecule has 0 saturated heterocycles. The van der Waals surface area contributed by atoms with Crippen molar-refractivity contribution in [2.75, 3.05) is 0 Å². The highest BCUT2D eigenvalue weighted by molar-refractivity contribution is 9.10. The summed E-state index contributed by atoms with van der Waals surface area (Å²) in [6, 6.07) is 4.06. The summed E-state index contributed by atoms with van der Waals surface area (Å²) in [6.07, 6.45) is 2.74. The number of benzene rings is 1. The molecule has 0 aliphatic rings. The molecule has 1 aromatic heterocycles. The van der Waals surface area contributed by atoms with Crippen LogP contribution in [0.4, 0.5) is 5.69 Å². The molecule has 9 heteroatoms. The molecule has 0 saturated carbocycles. The van der Waals surface area contributed by atoms with Gasteiger partial charge in [0.2, 0.25) is 5.88 Å². The molecule has 20 heavy (non-hydrogen) atoms. The number of aromatic nitrogens is 2. The van der Waals surface area contributed by atoms with Crippen molar-refractivity contribution < 1.29 is 9.66 Å². The number of halogens is 1. The number of rotatable bonds is 4. The Balaban J connectivity index is 2.42. The Morgan fingerprint density at radius 3 is 2.75 bits per heavy atom. The van der Waals surface area contributed by atoms with E-state index < -0.39 is 4.92 Å². The predicted molar refractivity (Wildman–Crippen MR) is 73.9 cm³/mol. The van der Waals surface area contributed by atoms with Crippen LogP contribution >= 0.6 is 15.9 Å². The Bertz CT molecular complexity index is 692. The van der Waals surface area contributed by atoms with Crippen molar-refractivity contribution in [3.8, 4) is 11.6 Å². The van der Waals surface area contributed by atoms with E-state index in [1.807, 2.05) is 0 Å². The molecule has 0 amide bonds. The number of ether oxygens (including phenoxy) is 1. The normalized spacial score (nSPS) is 10.1. The van der Waals surface area contributed by atoms with E-state index in [1.165, 1.54) is 30.6 Å². The number of nitrogens with one attached hydrogen (secondary N) is 1. The Hall–Kier alpha value is -2.55. The summed E-state index contributed by atoms with van der Waals surface area (Å²) in [5.74, 6) is -0.127. The number of nitro benzene ring substituents is 1. The molecule has 0 radical (unpaired) electrons. The second-order valence-electron chi connectivity index (χ2n) is 3.60. The van der Waals surface area contributed by atoms with Crippen LogP contribution in [0.3, 0.4) is 0 Å². The number of nitrogens with two attached hydrogens (primary N) is 1. The second-order valence-corrected chi connectivity index (χ2v) is 4.45. The van der Waals surface area contributed by atoms with Crippen molar-refractivity contribution in [1.82, 2.24) is 9.97 Å². The topological polar surface area (TPSA) is 128 Å². The fraction of sp³-hybridized carbons (Fsp3) is 0. The zero-order chi connectivity index (χ0) is 14.7. The molecule has 0 aliphatic heterocycles. The second kappa shape index (κ2) is 5.61. The minimum Gasteiger partial charge on any atom is -0.435 e. The molecule has 2 aromatic rings. The summed E-state index contributed by atoms with van der Waals surface area (Å²) in [5, 5.41) is 18.1. The summed E-state index contributed by atoms with van der Waals surface area (Å²) in [7, 11) is 0. The smallest absolute Gasteiger partial charge is 0.273 e. The molecule has 102 valence electrons. The van der Waals surface area contributed by atoms with Crippen molar-refractivity contribution in [1.29, 1.82) is 5.41 Å². The van der Waals surface area contributed by atoms with Gasteiger partial charge in [0.15, 0.2) is 11.4 Å². The fourth-order valence-electron chi connectivity index (χ4n) is 1.37. The highest BCUT2D eigenvalue weighted by Crippen LogP contribution is 2.32. The van der Waals surface area contributed by atoms with Crippen LogP contribution in [0.25, 0.3) is 0 Å². The average molecular weight is 338 g/mol. The van der Waals surface area contributed by atoms with Gasteiger partial charge in [-0.25, -0.2) is 9.97 Å². The van der Waals surface area contributed by atoms with Crippen LogP contribution in [0.2, 0.25) is 0 Å². The zero-order valence-corrected chi connectivity index (χ0v) is 11.5. The van der Waals surface area contributed by atoms with E-state index in [9.17, 15) is 10.1 Å². The van der Waals surface area contributed by atoms with Crippen molar-refractivity contribution in [2.24, 2.45) is 5.73 Å². The number of amidine groups is 1. The summed E-state index contributed by atoms with van der Waals surface area (Å²) in [4.78, 5) is 18.0. The Kier molecular flexibility index (Phi) is 3.89. The van der Waals surface area contributed by atoms with Crippen LogP contribution < -0.4 is 10.5 Å². The van der Waals surface area contributed by atoms with Crippen molar-refractivity contribution in [3.05, 3.63) is 50.9 Å². The first-order valence-corrected chi connectivity index (χ1v) is 6.05. The molecule has 0 spiro atoms. The van der Waals surface area contributed by atoms with Crippen molar-refractivity contribution in [3.63, 3.8) is 0 Å². The third-order valence-electron chi connectivity index (χ3n) is 2.25. The van der Waals surface area contributed by atoms with Gasteiger partial charge in [0.25, 0.3) is 5.69 Å². The van der Waals surface area contributed by atoms with E-state index in [0.717, 1.165) is 0 Å². The summed E-state index contributed by atoms with van der Waals surface area (Å²) in [6.45, 7) is 0. The maximum Gasteiger partial charge on any atom is 0.273 e. The third-order valence-corrected chi connectivity index (χ3v) is 2.91. The molecular formula is C11H8BrN5O3. The quantitative estimate of drug-likeness (QED) is 0.381. The van der Waals surface area contributed by atoms with Gasteiger partial charge >= 0.3 is 0 Å². The van der Waals surface area contributed by atoms with Crippen LogP contribution in [0.1, 0.15) is 5.69 Å². The summed E-state index contributed by atoms with van der Waals surface area (Å²) >= 11 is 3.22. The summed E-state index contributed by atoms with van der Waals surface area (Å²) < 4.78 is 5.95. The lowest BCUT2D eigenvalue weighted by molar-refractivity contribution is -0.384. The maximum atomic E-state index is 10.7. The molecule has 0 atom stereocenters. The lowest BCUT2D eigenvalue weighted by atomic mass is 10.3. The number of hydrogen-bond acceptors (Lipinski definition) is 6. The molecule has 1 heterocycles. The van der Waals surface area contributed by atoms with Gasteiger partial charge in [0, 0.05) is 18.5 Å². The van der Waals surface area contributed by atoms with E-state index in [0.29, 0.717) is 4.47 Å². The van der Waals surface area contributed by atoms with E-state index in [1.54, 1.807) is 0 Å². The first-order chi connectivity index (χ1) is 9.49. The van der Waals surface area contributed by atoms with Gasteiger partial charge in [-0.1, -0.05) is 0 Å². The zero-order valence-electron chi connectivity index (χ0n) is 9.91. The van der Waals surface area contributed by atoms with Gasteiger partial charge in [-0.15, -0.1) is 0 Å². The van der Waals surface area contributed by atoms with Crippen LogP contribution in [0.15, 0.2) is 35.1 Å². The number of nitrogen functional groups attached to an aromatic ring is 1. The minimum absolute atomic E-state index is 0.00111. The monoisotopic (exact) mass is 337 g/mol. The van der Waals surface area contributed by atoms with E-state index in [-0.39, 0.29) is 28.8 Å². The van der Waals surface area contributed by atoms with Crippen molar-refractivity contribution >= 4 is 27.5 Å². The van der Waals surface area contributed by atoms with Crippen LogP contribution in [-0.2, 0) is 0 Å². The molecule has 8 nitrogen and oxygen atoms in total. The highest BCUT2D eigenvalue weighted by Gasteiger charge is 2.15. The van der Waals surface area contributed by atoms with Crippen LogP contribution in [0, 0.1) is 15.5 Å². The molecular weight excluding hydrogens is 330 g/mol. The Morgan fingerprint density at radius 1 is 1.40 bits per heavy atom. The van der Waals surface area contributed by atoms with Crippen LogP contribution in [0.5, 0.6) is 11.6 Å². The van der Waals surface area contributed by atoms with Crippen molar-refractivity contribution in [2.45, 2.75) is 0 Å². The van der Waals surface area contributed by atoms with Gasteiger partial charge in [-0.05, 0) is 22.0 Å². The molecule has 0 unspecified atom stereocenters. The number of non-ortho nitro benzene ring substituents is 1.